The number of hydrazine groups is 1. The molecule has 3 heterocycles. The van der Waals surface area contributed by atoms with Gasteiger partial charge in [0.25, 0.3) is 11.8 Å². The highest BCUT2D eigenvalue weighted by Crippen LogP contribution is 2.23. The number of aromatic nitrogens is 2. The lowest BCUT2D eigenvalue weighted by atomic mass is 10.2. The third-order valence-electron chi connectivity index (χ3n) is 4.05. The molecular weight excluding hydrogens is 398 g/mol. The maximum absolute atomic E-state index is 12.3. The summed E-state index contributed by atoms with van der Waals surface area (Å²) in [6.07, 6.45) is 0. The molecule has 1 aromatic carbocycles. The summed E-state index contributed by atoms with van der Waals surface area (Å²) in [4.78, 5) is 35.2. The van der Waals surface area contributed by atoms with Gasteiger partial charge in [-0.3, -0.25) is 20.4 Å². The van der Waals surface area contributed by atoms with Crippen molar-refractivity contribution < 1.29 is 14.3 Å². The fourth-order valence-electron chi connectivity index (χ4n) is 2.60. The molecule has 2 N–H and O–H groups in total. The van der Waals surface area contributed by atoms with E-state index in [1.54, 1.807) is 10.8 Å². The van der Waals surface area contributed by atoms with Crippen LogP contribution >= 0.6 is 22.7 Å². The molecule has 1 saturated heterocycles. The van der Waals surface area contributed by atoms with Gasteiger partial charge in [0.15, 0.2) is 5.13 Å². The molecule has 4 rings (SSSR count). The van der Waals surface area contributed by atoms with Gasteiger partial charge in [-0.1, -0.05) is 30.3 Å². The highest BCUT2D eigenvalue weighted by Gasteiger charge is 2.18. The predicted molar refractivity (Wildman–Crippen MR) is 108 cm³/mol. The monoisotopic (exact) mass is 415 g/mol. The molecule has 0 bridgehead atoms. The summed E-state index contributed by atoms with van der Waals surface area (Å²) in [6.45, 7) is 2.79. The van der Waals surface area contributed by atoms with E-state index in [4.69, 9.17) is 4.74 Å². The second-order valence-corrected chi connectivity index (χ2v) is 7.62. The number of amides is 2. The van der Waals surface area contributed by atoms with Crippen molar-refractivity contribution in [3.05, 3.63) is 52.5 Å². The maximum atomic E-state index is 12.3. The number of carbonyl (C=O) groups is 2. The van der Waals surface area contributed by atoms with Gasteiger partial charge in [0.1, 0.15) is 16.4 Å². The maximum Gasteiger partial charge on any atom is 0.289 e. The first-order chi connectivity index (χ1) is 13.7. The number of hydrogen-bond donors (Lipinski definition) is 2. The largest absolute Gasteiger partial charge is 0.378 e. The lowest BCUT2D eigenvalue weighted by molar-refractivity contribution is 0.0842. The number of benzene rings is 1. The number of hydrogen-bond acceptors (Lipinski definition) is 8. The Hall–Kier alpha value is -2.82. The Kier molecular flexibility index (Phi) is 5.60. The average molecular weight is 416 g/mol. The molecule has 2 amide bonds. The zero-order valence-electron chi connectivity index (χ0n) is 14.8. The lowest BCUT2D eigenvalue weighted by Crippen LogP contribution is -2.42. The highest BCUT2D eigenvalue weighted by atomic mass is 32.1. The third-order valence-corrected chi connectivity index (χ3v) is 5.85. The van der Waals surface area contributed by atoms with E-state index < -0.39 is 11.8 Å². The fraction of sp³-hybridized carbons (Fsp3) is 0.222. The van der Waals surface area contributed by atoms with E-state index in [1.807, 2.05) is 30.3 Å². The van der Waals surface area contributed by atoms with Gasteiger partial charge >= 0.3 is 0 Å². The minimum absolute atomic E-state index is 0.247. The average Bonchev–Trinajstić information content (AvgIpc) is 3.43. The molecule has 0 atom stereocenters. The lowest BCUT2D eigenvalue weighted by Gasteiger charge is -2.25. The van der Waals surface area contributed by atoms with Crippen LogP contribution in [0.1, 0.15) is 21.0 Å². The SMILES string of the molecule is O=C(NNC(=O)c1csc(N2CCOCC2)n1)c1csc(-c2ccccc2)n1. The molecule has 0 saturated carbocycles. The van der Waals surface area contributed by atoms with Crippen molar-refractivity contribution in [3.63, 3.8) is 0 Å². The summed E-state index contributed by atoms with van der Waals surface area (Å²) >= 11 is 2.76. The number of thiazole rings is 2. The first-order valence-electron chi connectivity index (χ1n) is 8.60. The molecule has 2 aromatic heterocycles. The van der Waals surface area contributed by atoms with E-state index in [1.165, 1.54) is 22.7 Å². The standard InChI is InChI=1S/C18H17N5O3S2/c24-15(13-10-27-17(19-13)12-4-2-1-3-5-12)21-22-16(25)14-11-28-18(20-14)23-6-8-26-9-7-23/h1-5,10-11H,6-9H2,(H,21,24)(H,22,25). The van der Waals surface area contributed by atoms with E-state index in [2.05, 4.69) is 25.7 Å². The third kappa shape index (κ3) is 4.19. The Balaban J connectivity index is 1.34. The molecule has 8 nitrogen and oxygen atoms in total. The molecule has 0 spiro atoms. The van der Waals surface area contributed by atoms with Gasteiger partial charge in [-0.05, 0) is 0 Å². The minimum Gasteiger partial charge on any atom is -0.378 e. The van der Waals surface area contributed by atoms with Crippen LogP contribution in [0.15, 0.2) is 41.1 Å². The van der Waals surface area contributed by atoms with Crippen LogP contribution in [0.2, 0.25) is 0 Å². The molecule has 10 heteroatoms. The quantitative estimate of drug-likeness (QED) is 0.634. The van der Waals surface area contributed by atoms with Crippen LogP contribution in [0.4, 0.5) is 5.13 Å². The van der Waals surface area contributed by atoms with Crippen LogP contribution in [0.25, 0.3) is 10.6 Å². The topological polar surface area (TPSA) is 96.5 Å². The first kappa shape index (κ1) is 18.5. The van der Waals surface area contributed by atoms with Crippen LogP contribution in [0, 0.1) is 0 Å². The second-order valence-electron chi connectivity index (χ2n) is 5.93. The van der Waals surface area contributed by atoms with Crippen LogP contribution in [-0.4, -0.2) is 48.1 Å². The van der Waals surface area contributed by atoms with Gasteiger partial charge in [-0.15, -0.1) is 22.7 Å². The predicted octanol–water partition coefficient (Wildman–Crippen LogP) is 2.18. The summed E-state index contributed by atoms with van der Waals surface area (Å²) < 4.78 is 5.32. The molecule has 1 aliphatic rings. The number of morpholine rings is 1. The second kappa shape index (κ2) is 8.46. The number of nitrogens with one attached hydrogen (secondary N) is 2. The van der Waals surface area contributed by atoms with Crippen LogP contribution in [-0.2, 0) is 4.74 Å². The van der Waals surface area contributed by atoms with E-state index in [0.29, 0.717) is 13.2 Å². The smallest absolute Gasteiger partial charge is 0.289 e. The van der Waals surface area contributed by atoms with Crippen LogP contribution < -0.4 is 15.8 Å². The zero-order valence-corrected chi connectivity index (χ0v) is 16.4. The Labute approximate surface area is 169 Å². The van der Waals surface area contributed by atoms with Crippen LogP contribution in [0.5, 0.6) is 0 Å². The van der Waals surface area contributed by atoms with Crippen molar-refractivity contribution in [2.24, 2.45) is 0 Å². The van der Waals surface area contributed by atoms with Gasteiger partial charge in [0.2, 0.25) is 0 Å². The van der Waals surface area contributed by atoms with E-state index in [9.17, 15) is 9.59 Å². The molecule has 1 aliphatic heterocycles. The Bertz CT molecular complexity index is 967. The van der Waals surface area contributed by atoms with Gasteiger partial charge in [0, 0.05) is 29.4 Å². The number of carbonyl (C=O) groups excluding carboxylic acids is 2. The van der Waals surface area contributed by atoms with Crippen molar-refractivity contribution in [3.8, 4) is 10.6 Å². The summed E-state index contributed by atoms with van der Waals surface area (Å²) in [6, 6.07) is 9.60. The van der Waals surface area contributed by atoms with Crippen molar-refractivity contribution in [1.29, 1.82) is 0 Å². The molecule has 144 valence electrons. The normalized spacial score (nSPS) is 13.9. The Morgan fingerprint density at radius 3 is 2.29 bits per heavy atom. The Morgan fingerprint density at radius 2 is 1.57 bits per heavy atom. The summed E-state index contributed by atoms with van der Waals surface area (Å²) in [5.41, 5.74) is 6.22. The van der Waals surface area contributed by atoms with Crippen molar-refractivity contribution in [2.45, 2.75) is 0 Å². The van der Waals surface area contributed by atoms with Crippen LogP contribution in [0.3, 0.4) is 0 Å². The van der Waals surface area contributed by atoms with Gasteiger partial charge < -0.3 is 9.64 Å². The van der Waals surface area contributed by atoms with Gasteiger partial charge in [-0.2, -0.15) is 0 Å². The van der Waals surface area contributed by atoms with E-state index in [0.717, 1.165) is 28.8 Å². The summed E-state index contributed by atoms with van der Waals surface area (Å²) in [7, 11) is 0. The Morgan fingerprint density at radius 1 is 0.929 bits per heavy atom. The summed E-state index contributed by atoms with van der Waals surface area (Å²) in [5, 5.41) is 4.84. The molecule has 0 radical (unpaired) electrons. The molecule has 0 aliphatic carbocycles. The first-order valence-corrected chi connectivity index (χ1v) is 10.4. The highest BCUT2D eigenvalue weighted by molar-refractivity contribution is 7.14. The summed E-state index contributed by atoms with van der Waals surface area (Å²) in [5.74, 6) is -0.946. The molecular formula is C18H17N5O3S2. The zero-order chi connectivity index (χ0) is 19.3. The minimum atomic E-state index is -0.476. The molecule has 1 fully saturated rings. The van der Waals surface area contributed by atoms with E-state index >= 15 is 0 Å². The fourth-order valence-corrected chi connectivity index (χ4v) is 4.27. The molecule has 3 aromatic rings. The van der Waals surface area contributed by atoms with Crippen molar-refractivity contribution in [1.82, 2.24) is 20.8 Å². The number of rotatable bonds is 4. The van der Waals surface area contributed by atoms with Crippen molar-refractivity contribution in [2.75, 3.05) is 31.2 Å². The molecule has 0 unspecified atom stereocenters. The van der Waals surface area contributed by atoms with Gasteiger partial charge in [-0.25, -0.2) is 9.97 Å². The van der Waals surface area contributed by atoms with Gasteiger partial charge in [0.05, 0.1) is 13.2 Å². The number of ether oxygens (including phenoxy) is 1. The number of anilines is 1. The number of nitrogens with zero attached hydrogens (tertiary/aromatic N) is 3. The van der Waals surface area contributed by atoms with E-state index in [-0.39, 0.29) is 11.4 Å². The van der Waals surface area contributed by atoms with Crippen molar-refractivity contribution >= 4 is 39.6 Å². The molecule has 28 heavy (non-hydrogen) atoms.